The minimum Gasteiger partial charge on any atom is -0.377 e. The van der Waals surface area contributed by atoms with Gasteiger partial charge in [0.25, 0.3) is 5.91 Å². The van der Waals surface area contributed by atoms with Gasteiger partial charge in [-0.1, -0.05) is 35.0 Å². The first-order valence-electron chi connectivity index (χ1n) is 8.43. The molecule has 1 fully saturated rings. The molecule has 26 heavy (non-hydrogen) atoms. The van der Waals surface area contributed by atoms with Crippen molar-refractivity contribution in [3.8, 4) is 11.3 Å². The van der Waals surface area contributed by atoms with Crippen LogP contribution >= 0.6 is 0 Å². The van der Waals surface area contributed by atoms with Crippen LogP contribution in [0.25, 0.3) is 11.3 Å². The minimum atomic E-state index is -0.375. The summed E-state index contributed by atoms with van der Waals surface area (Å²) in [7, 11) is 0. The number of carbonyl (C=O) groups excluding carboxylic acids is 1. The van der Waals surface area contributed by atoms with E-state index in [1.807, 2.05) is 31.2 Å². The summed E-state index contributed by atoms with van der Waals surface area (Å²) in [4.78, 5) is 18.9. The van der Waals surface area contributed by atoms with Gasteiger partial charge < -0.3 is 14.2 Å². The van der Waals surface area contributed by atoms with Gasteiger partial charge in [0.1, 0.15) is 11.7 Å². The highest BCUT2D eigenvalue weighted by Gasteiger charge is 2.33. The fourth-order valence-electron chi connectivity index (χ4n) is 2.97. The van der Waals surface area contributed by atoms with E-state index in [4.69, 9.17) is 9.26 Å². The van der Waals surface area contributed by atoms with Crippen LogP contribution in [0.1, 0.15) is 33.8 Å². The van der Waals surface area contributed by atoms with E-state index in [1.165, 1.54) is 5.56 Å². The monoisotopic (exact) mass is 353 g/mol. The SMILES string of the molecule is Cc1ccc(-c2cc(C(=O)N3CCOCC3c3noc(C)n3)[nH]n2)cc1. The summed E-state index contributed by atoms with van der Waals surface area (Å²) in [5, 5.41) is 11.1. The van der Waals surface area contributed by atoms with Gasteiger partial charge >= 0.3 is 0 Å². The van der Waals surface area contributed by atoms with Gasteiger partial charge in [0.15, 0.2) is 5.82 Å². The summed E-state index contributed by atoms with van der Waals surface area (Å²) >= 11 is 0. The van der Waals surface area contributed by atoms with Crippen LogP contribution in [-0.2, 0) is 4.74 Å². The van der Waals surface area contributed by atoms with E-state index in [9.17, 15) is 4.79 Å². The average molecular weight is 353 g/mol. The number of H-pyrrole nitrogens is 1. The highest BCUT2D eigenvalue weighted by molar-refractivity contribution is 5.93. The van der Waals surface area contributed by atoms with Crippen molar-refractivity contribution >= 4 is 5.91 Å². The zero-order valence-corrected chi connectivity index (χ0v) is 14.6. The van der Waals surface area contributed by atoms with E-state index in [1.54, 1.807) is 17.9 Å². The number of aryl methyl sites for hydroxylation is 2. The van der Waals surface area contributed by atoms with Gasteiger partial charge in [-0.15, -0.1) is 0 Å². The predicted octanol–water partition coefficient (Wildman–Crippen LogP) is 2.29. The highest BCUT2D eigenvalue weighted by atomic mass is 16.5. The molecule has 134 valence electrons. The van der Waals surface area contributed by atoms with E-state index in [0.29, 0.717) is 37.2 Å². The van der Waals surface area contributed by atoms with Gasteiger partial charge in [-0.05, 0) is 13.0 Å². The predicted molar refractivity (Wildman–Crippen MR) is 92.4 cm³/mol. The summed E-state index contributed by atoms with van der Waals surface area (Å²) in [6.45, 7) is 5.01. The molecular formula is C18H19N5O3. The Balaban J connectivity index is 1.59. The van der Waals surface area contributed by atoms with Crippen LogP contribution < -0.4 is 0 Å². The Morgan fingerprint density at radius 1 is 1.27 bits per heavy atom. The maximum absolute atomic E-state index is 13.0. The zero-order valence-electron chi connectivity index (χ0n) is 14.6. The third-order valence-corrected chi connectivity index (χ3v) is 4.39. The van der Waals surface area contributed by atoms with Crippen molar-refractivity contribution < 1.29 is 14.1 Å². The number of hydrogen-bond donors (Lipinski definition) is 1. The van der Waals surface area contributed by atoms with E-state index in [2.05, 4.69) is 20.3 Å². The lowest BCUT2D eigenvalue weighted by Crippen LogP contribution is -2.44. The van der Waals surface area contributed by atoms with Crippen LogP contribution in [0.3, 0.4) is 0 Å². The number of nitrogens with zero attached hydrogens (tertiary/aromatic N) is 4. The number of carbonyl (C=O) groups is 1. The van der Waals surface area contributed by atoms with Crippen LogP contribution in [-0.4, -0.2) is 50.9 Å². The first-order chi connectivity index (χ1) is 12.6. The average Bonchev–Trinajstić information content (AvgIpc) is 3.31. The van der Waals surface area contributed by atoms with Crippen molar-refractivity contribution in [2.75, 3.05) is 19.8 Å². The lowest BCUT2D eigenvalue weighted by atomic mass is 10.1. The second-order valence-corrected chi connectivity index (χ2v) is 6.29. The van der Waals surface area contributed by atoms with Gasteiger partial charge in [-0.25, -0.2) is 0 Å². The van der Waals surface area contributed by atoms with Crippen molar-refractivity contribution in [3.63, 3.8) is 0 Å². The lowest BCUT2D eigenvalue weighted by molar-refractivity contribution is -0.00607. The van der Waals surface area contributed by atoms with Gasteiger partial charge in [-0.2, -0.15) is 10.1 Å². The largest absolute Gasteiger partial charge is 0.377 e. The Bertz CT molecular complexity index is 915. The second kappa shape index (κ2) is 6.72. The van der Waals surface area contributed by atoms with Gasteiger partial charge in [0, 0.05) is 19.0 Å². The normalized spacial score (nSPS) is 17.5. The molecule has 1 saturated heterocycles. The van der Waals surface area contributed by atoms with E-state index >= 15 is 0 Å². The van der Waals surface area contributed by atoms with Crippen molar-refractivity contribution in [1.82, 2.24) is 25.2 Å². The van der Waals surface area contributed by atoms with Gasteiger partial charge in [-0.3, -0.25) is 9.89 Å². The smallest absolute Gasteiger partial charge is 0.272 e. The molecule has 2 aromatic heterocycles. The van der Waals surface area contributed by atoms with Crippen LogP contribution in [0.15, 0.2) is 34.9 Å². The number of aromatic nitrogens is 4. The maximum atomic E-state index is 13.0. The zero-order chi connectivity index (χ0) is 18.1. The molecule has 3 heterocycles. The molecule has 1 aliphatic heterocycles. The third kappa shape index (κ3) is 3.11. The number of nitrogens with one attached hydrogen (secondary N) is 1. The molecule has 8 nitrogen and oxygen atoms in total. The fraction of sp³-hybridized carbons (Fsp3) is 0.333. The van der Waals surface area contributed by atoms with Crippen LogP contribution in [0, 0.1) is 13.8 Å². The number of ether oxygens (including phenoxy) is 1. The standard InChI is InChI=1S/C18H19N5O3/c1-11-3-5-13(6-4-11)14-9-15(21-20-14)18(24)23-7-8-25-10-16(23)17-19-12(2)26-22-17/h3-6,9,16H,7-8,10H2,1-2H3,(H,20,21). The lowest BCUT2D eigenvalue weighted by Gasteiger charge is -2.33. The number of morpholine rings is 1. The Morgan fingerprint density at radius 2 is 2.08 bits per heavy atom. The molecule has 4 rings (SSSR count). The van der Waals surface area contributed by atoms with Crippen molar-refractivity contribution in [1.29, 1.82) is 0 Å². The molecule has 1 atom stereocenters. The van der Waals surface area contributed by atoms with E-state index < -0.39 is 0 Å². The molecule has 8 heteroatoms. The Morgan fingerprint density at radius 3 is 2.81 bits per heavy atom. The fourth-order valence-corrected chi connectivity index (χ4v) is 2.97. The van der Waals surface area contributed by atoms with Crippen molar-refractivity contribution in [2.45, 2.75) is 19.9 Å². The van der Waals surface area contributed by atoms with Crippen molar-refractivity contribution in [3.05, 3.63) is 53.3 Å². The number of aromatic amines is 1. The number of benzene rings is 1. The van der Waals surface area contributed by atoms with Crippen LogP contribution in [0.4, 0.5) is 0 Å². The van der Waals surface area contributed by atoms with Crippen molar-refractivity contribution in [2.24, 2.45) is 0 Å². The summed E-state index contributed by atoms with van der Waals surface area (Å²) in [6.07, 6.45) is 0. The molecule has 0 saturated carbocycles. The first kappa shape index (κ1) is 16.5. The van der Waals surface area contributed by atoms with Crippen LogP contribution in [0.5, 0.6) is 0 Å². The molecule has 1 aliphatic rings. The summed E-state index contributed by atoms with van der Waals surface area (Å²) in [6, 6.07) is 9.39. The molecule has 0 aliphatic carbocycles. The molecule has 1 amide bonds. The van der Waals surface area contributed by atoms with E-state index in [0.717, 1.165) is 11.3 Å². The Labute approximate surface area is 150 Å². The second-order valence-electron chi connectivity index (χ2n) is 6.29. The molecule has 0 bridgehead atoms. The van der Waals surface area contributed by atoms with E-state index in [-0.39, 0.29) is 11.9 Å². The van der Waals surface area contributed by atoms with Gasteiger partial charge in [0.05, 0.1) is 18.9 Å². The number of amides is 1. The first-order valence-corrected chi connectivity index (χ1v) is 8.43. The number of hydrogen-bond acceptors (Lipinski definition) is 6. The molecule has 0 spiro atoms. The maximum Gasteiger partial charge on any atom is 0.272 e. The quantitative estimate of drug-likeness (QED) is 0.776. The number of rotatable bonds is 3. The Hall–Kier alpha value is -3.00. The summed E-state index contributed by atoms with van der Waals surface area (Å²) in [5.74, 6) is 0.751. The molecule has 1 N–H and O–H groups in total. The summed E-state index contributed by atoms with van der Waals surface area (Å²) in [5.41, 5.74) is 3.28. The van der Waals surface area contributed by atoms with Gasteiger partial charge in [0.2, 0.25) is 5.89 Å². The molecule has 1 aromatic carbocycles. The molecular weight excluding hydrogens is 334 g/mol. The molecule has 1 unspecified atom stereocenters. The molecule has 0 radical (unpaired) electrons. The van der Waals surface area contributed by atoms with Crippen LogP contribution in [0.2, 0.25) is 0 Å². The summed E-state index contributed by atoms with van der Waals surface area (Å²) < 4.78 is 10.6. The third-order valence-electron chi connectivity index (χ3n) is 4.39. The minimum absolute atomic E-state index is 0.161. The Kier molecular flexibility index (Phi) is 4.26. The highest BCUT2D eigenvalue weighted by Crippen LogP contribution is 2.25. The topological polar surface area (TPSA) is 97.1 Å². The molecule has 3 aromatic rings.